The molecule has 2 aromatic carbocycles. The first-order valence-electron chi connectivity index (χ1n) is 10.6. The van der Waals surface area contributed by atoms with Crippen LogP contribution >= 0.6 is 0 Å². The lowest BCUT2D eigenvalue weighted by atomic mass is 10.0. The number of esters is 1. The average Bonchev–Trinajstić information content (AvgIpc) is 3.24. The Balaban J connectivity index is 1.60. The minimum Gasteiger partial charge on any atom is -0.507 e. The first-order valence-corrected chi connectivity index (χ1v) is 10.6. The fraction of sp³-hybridized carbons (Fsp3) is 0.222. The first-order chi connectivity index (χ1) is 15.6. The molecule has 0 aliphatic heterocycles. The van der Waals surface area contributed by atoms with E-state index < -0.39 is 5.60 Å². The maximum absolute atomic E-state index is 12.5. The van der Waals surface area contributed by atoms with Crippen LogP contribution in [0.3, 0.4) is 0 Å². The summed E-state index contributed by atoms with van der Waals surface area (Å²) >= 11 is 0. The second-order valence-corrected chi connectivity index (χ2v) is 8.57. The molecule has 0 radical (unpaired) electrons. The molecular formula is C27H26O6. The zero-order valence-electron chi connectivity index (χ0n) is 18.8. The number of allylic oxidation sites excluding steroid dienone is 1. The maximum atomic E-state index is 12.5. The van der Waals surface area contributed by atoms with Crippen molar-refractivity contribution in [1.29, 1.82) is 0 Å². The lowest BCUT2D eigenvalue weighted by molar-refractivity contribution is -0.154. The van der Waals surface area contributed by atoms with Gasteiger partial charge in [0.2, 0.25) is 0 Å². The highest BCUT2D eigenvalue weighted by Crippen LogP contribution is 2.27. The van der Waals surface area contributed by atoms with E-state index in [4.69, 9.17) is 9.15 Å². The Morgan fingerprint density at radius 3 is 2.42 bits per heavy atom. The molecule has 0 bridgehead atoms. The van der Waals surface area contributed by atoms with Gasteiger partial charge < -0.3 is 14.3 Å². The van der Waals surface area contributed by atoms with Gasteiger partial charge in [0.1, 0.15) is 22.9 Å². The third kappa shape index (κ3) is 6.77. The van der Waals surface area contributed by atoms with E-state index in [0.29, 0.717) is 35.4 Å². The standard InChI is InChI=1S/C27H26O6/c1-27(2,3)33-26(31)15-6-18-4-7-19(8-5-18)23(29)13-10-22-11-14-25(32-22)20-9-12-24(30)21(16-20)17-28/h4-5,7-14,16-17,30H,6,15H2,1-3H3/b13-10+. The summed E-state index contributed by atoms with van der Waals surface area (Å²) in [4.78, 5) is 35.3. The van der Waals surface area contributed by atoms with Crippen LogP contribution in [0.2, 0.25) is 0 Å². The molecule has 1 aromatic heterocycles. The fourth-order valence-electron chi connectivity index (χ4n) is 3.13. The van der Waals surface area contributed by atoms with Crippen molar-refractivity contribution in [2.24, 2.45) is 0 Å². The molecule has 6 nitrogen and oxygen atoms in total. The quantitative estimate of drug-likeness (QED) is 0.208. The lowest BCUT2D eigenvalue weighted by Gasteiger charge is -2.19. The van der Waals surface area contributed by atoms with Crippen LogP contribution < -0.4 is 0 Å². The van der Waals surface area contributed by atoms with E-state index >= 15 is 0 Å². The van der Waals surface area contributed by atoms with Crippen molar-refractivity contribution >= 4 is 24.1 Å². The van der Waals surface area contributed by atoms with Gasteiger partial charge in [-0.05, 0) is 75.2 Å². The number of ether oxygens (including phenoxy) is 1. The topological polar surface area (TPSA) is 93.8 Å². The highest BCUT2D eigenvalue weighted by molar-refractivity contribution is 6.06. The van der Waals surface area contributed by atoms with E-state index in [1.807, 2.05) is 32.9 Å². The molecular weight excluding hydrogens is 420 g/mol. The number of phenolic OH excluding ortho intramolecular Hbond substituents is 1. The van der Waals surface area contributed by atoms with Gasteiger partial charge in [-0.25, -0.2) is 0 Å². The summed E-state index contributed by atoms with van der Waals surface area (Å²) in [5, 5.41) is 9.62. The van der Waals surface area contributed by atoms with Crippen LogP contribution in [0.1, 0.15) is 59.2 Å². The third-order valence-electron chi connectivity index (χ3n) is 4.74. The van der Waals surface area contributed by atoms with Crippen LogP contribution in [-0.4, -0.2) is 28.7 Å². The van der Waals surface area contributed by atoms with Gasteiger partial charge in [-0.3, -0.25) is 14.4 Å². The summed E-state index contributed by atoms with van der Waals surface area (Å²) < 4.78 is 11.0. The van der Waals surface area contributed by atoms with Crippen LogP contribution in [0.15, 0.2) is 65.1 Å². The van der Waals surface area contributed by atoms with Gasteiger partial charge in [0.05, 0.1) is 5.56 Å². The molecule has 0 atom stereocenters. The zero-order valence-corrected chi connectivity index (χ0v) is 18.8. The smallest absolute Gasteiger partial charge is 0.306 e. The minimum atomic E-state index is -0.503. The van der Waals surface area contributed by atoms with Crippen molar-refractivity contribution in [2.45, 2.75) is 39.2 Å². The molecule has 1 heterocycles. The summed E-state index contributed by atoms with van der Waals surface area (Å²) in [7, 11) is 0. The fourth-order valence-corrected chi connectivity index (χ4v) is 3.13. The number of phenols is 1. The van der Waals surface area contributed by atoms with Gasteiger partial charge in [-0.2, -0.15) is 0 Å². The molecule has 0 spiro atoms. The van der Waals surface area contributed by atoms with Crippen LogP contribution in [0.4, 0.5) is 0 Å². The number of furan rings is 1. The van der Waals surface area contributed by atoms with Gasteiger partial charge >= 0.3 is 5.97 Å². The number of benzene rings is 2. The van der Waals surface area contributed by atoms with E-state index in [1.54, 1.807) is 36.4 Å². The van der Waals surface area contributed by atoms with Gasteiger partial charge in [-0.1, -0.05) is 24.3 Å². The Morgan fingerprint density at radius 1 is 1.03 bits per heavy atom. The Bertz CT molecular complexity index is 1180. The van der Waals surface area contributed by atoms with Crippen LogP contribution in [0, 0.1) is 0 Å². The summed E-state index contributed by atoms with van der Waals surface area (Å²) in [6, 6.07) is 15.1. The molecule has 170 valence electrons. The van der Waals surface area contributed by atoms with Crippen molar-refractivity contribution in [3.8, 4) is 17.1 Å². The number of rotatable bonds is 8. The number of aryl methyl sites for hydroxylation is 1. The third-order valence-corrected chi connectivity index (χ3v) is 4.74. The average molecular weight is 446 g/mol. The molecule has 0 amide bonds. The van der Waals surface area contributed by atoms with Crippen molar-refractivity contribution < 1.29 is 28.6 Å². The van der Waals surface area contributed by atoms with Crippen molar-refractivity contribution in [3.63, 3.8) is 0 Å². The number of hydrogen-bond acceptors (Lipinski definition) is 6. The zero-order chi connectivity index (χ0) is 24.0. The van der Waals surface area contributed by atoms with Crippen LogP contribution in [-0.2, 0) is 16.0 Å². The summed E-state index contributed by atoms with van der Waals surface area (Å²) in [5.74, 6) is 0.465. The summed E-state index contributed by atoms with van der Waals surface area (Å²) in [6.45, 7) is 5.50. The number of hydrogen-bond donors (Lipinski definition) is 1. The Hall–Kier alpha value is -3.93. The molecule has 0 saturated heterocycles. The molecule has 0 aliphatic carbocycles. The van der Waals surface area contributed by atoms with Gasteiger partial charge in [0.15, 0.2) is 12.1 Å². The number of ketones is 1. The SMILES string of the molecule is CC(C)(C)OC(=O)CCc1ccc(C(=O)/C=C/c2ccc(-c3ccc(O)c(C=O)c3)o2)cc1. The van der Waals surface area contributed by atoms with Crippen molar-refractivity contribution in [2.75, 3.05) is 0 Å². The normalized spacial score (nSPS) is 11.5. The molecule has 0 fully saturated rings. The Kier molecular flexibility index (Phi) is 7.28. The molecule has 33 heavy (non-hydrogen) atoms. The molecule has 3 aromatic rings. The van der Waals surface area contributed by atoms with Crippen molar-refractivity contribution in [1.82, 2.24) is 0 Å². The Morgan fingerprint density at radius 2 is 1.76 bits per heavy atom. The van der Waals surface area contributed by atoms with Gasteiger partial charge in [-0.15, -0.1) is 0 Å². The van der Waals surface area contributed by atoms with E-state index in [0.717, 1.165) is 5.56 Å². The van der Waals surface area contributed by atoms with Crippen LogP contribution in [0.25, 0.3) is 17.4 Å². The van der Waals surface area contributed by atoms with E-state index in [2.05, 4.69) is 0 Å². The molecule has 3 rings (SSSR count). The van der Waals surface area contributed by atoms with E-state index in [1.165, 1.54) is 18.2 Å². The number of carbonyl (C=O) groups is 3. The van der Waals surface area contributed by atoms with E-state index in [-0.39, 0.29) is 29.5 Å². The largest absolute Gasteiger partial charge is 0.507 e. The maximum Gasteiger partial charge on any atom is 0.306 e. The van der Waals surface area contributed by atoms with E-state index in [9.17, 15) is 19.5 Å². The molecule has 0 saturated carbocycles. The Labute approximate surface area is 192 Å². The predicted molar refractivity (Wildman–Crippen MR) is 125 cm³/mol. The summed E-state index contributed by atoms with van der Waals surface area (Å²) in [6.07, 6.45) is 4.39. The highest BCUT2D eigenvalue weighted by atomic mass is 16.6. The molecule has 0 aliphatic rings. The number of aromatic hydroxyl groups is 1. The van der Waals surface area contributed by atoms with Crippen molar-refractivity contribution in [3.05, 3.63) is 83.1 Å². The van der Waals surface area contributed by atoms with Crippen LogP contribution in [0.5, 0.6) is 5.75 Å². The van der Waals surface area contributed by atoms with Gasteiger partial charge in [0.25, 0.3) is 0 Å². The predicted octanol–water partition coefficient (Wildman–Crippen LogP) is 5.64. The molecule has 1 N–H and O–H groups in total. The lowest BCUT2D eigenvalue weighted by Crippen LogP contribution is -2.24. The second kappa shape index (κ2) is 10.1. The summed E-state index contributed by atoms with van der Waals surface area (Å²) in [5.41, 5.74) is 1.78. The van der Waals surface area contributed by atoms with Gasteiger partial charge in [0, 0.05) is 17.5 Å². The molecule has 0 unspecified atom stereocenters. The minimum absolute atomic E-state index is 0.0955. The number of aldehydes is 1. The first kappa shape index (κ1) is 23.7. The monoisotopic (exact) mass is 446 g/mol. The number of carbonyl (C=O) groups excluding carboxylic acids is 3. The highest BCUT2D eigenvalue weighted by Gasteiger charge is 2.16. The molecule has 6 heteroatoms. The second-order valence-electron chi connectivity index (χ2n) is 8.57.